The number of hydrogen-bond acceptors (Lipinski definition) is 4. The van der Waals surface area contributed by atoms with Gasteiger partial charge in [-0.05, 0) is 17.5 Å². The summed E-state index contributed by atoms with van der Waals surface area (Å²) in [5.74, 6) is -0.0398. The topological polar surface area (TPSA) is 59.4 Å². The van der Waals surface area contributed by atoms with Crippen molar-refractivity contribution in [3.8, 4) is 6.07 Å². The number of hydrogen-bond donors (Lipinski definition) is 1. The highest BCUT2D eigenvalue weighted by atomic mass is 16.1. The van der Waals surface area contributed by atoms with Crippen molar-refractivity contribution in [2.75, 3.05) is 37.6 Å². The Morgan fingerprint density at radius 2 is 1.83 bits per heavy atom. The maximum absolute atomic E-state index is 12.1. The average molecular weight is 328 g/mol. The van der Waals surface area contributed by atoms with Crippen LogP contribution in [0, 0.1) is 16.7 Å². The van der Waals surface area contributed by atoms with Gasteiger partial charge in [0.05, 0.1) is 6.07 Å². The molecule has 0 spiro atoms. The van der Waals surface area contributed by atoms with Crippen LogP contribution in [0.2, 0.25) is 0 Å². The van der Waals surface area contributed by atoms with E-state index in [1.807, 2.05) is 26.8 Å². The molecule has 1 saturated heterocycles. The van der Waals surface area contributed by atoms with Gasteiger partial charge >= 0.3 is 0 Å². The minimum atomic E-state index is -0.445. The van der Waals surface area contributed by atoms with Crippen LogP contribution in [-0.4, -0.2) is 49.6 Å². The van der Waals surface area contributed by atoms with Gasteiger partial charge in [0.2, 0.25) is 5.91 Å². The highest BCUT2D eigenvalue weighted by Crippen LogP contribution is 2.19. The van der Waals surface area contributed by atoms with Crippen LogP contribution in [-0.2, 0) is 4.79 Å². The van der Waals surface area contributed by atoms with Crippen LogP contribution in [0.15, 0.2) is 30.3 Å². The van der Waals surface area contributed by atoms with Crippen molar-refractivity contribution >= 4 is 11.6 Å². The molecule has 1 aliphatic rings. The Kier molecular flexibility index (Phi) is 6.22. The van der Waals surface area contributed by atoms with E-state index >= 15 is 0 Å². The Morgan fingerprint density at radius 1 is 1.21 bits per heavy atom. The molecule has 1 N–H and O–H groups in total. The van der Waals surface area contributed by atoms with E-state index in [-0.39, 0.29) is 11.3 Å². The second-order valence-corrected chi connectivity index (χ2v) is 7.41. The number of rotatable bonds is 5. The van der Waals surface area contributed by atoms with Gasteiger partial charge in [-0.1, -0.05) is 39.0 Å². The van der Waals surface area contributed by atoms with Gasteiger partial charge in [0.25, 0.3) is 0 Å². The van der Waals surface area contributed by atoms with Crippen LogP contribution in [0.5, 0.6) is 0 Å². The summed E-state index contributed by atoms with van der Waals surface area (Å²) in [5.41, 5.74) is 1.02. The summed E-state index contributed by atoms with van der Waals surface area (Å²) >= 11 is 0. The lowest BCUT2D eigenvalue weighted by Crippen LogP contribution is -2.48. The van der Waals surface area contributed by atoms with Crippen LogP contribution in [0.3, 0.4) is 0 Å². The summed E-state index contributed by atoms with van der Waals surface area (Å²) in [6.45, 7) is 10.5. The Morgan fingerprint density at radius 3 is 2.38 bits per heavy atom. The molecule has 1 aliphatic heterocycles. The van der Waals surface area contributed by atoms with E-state index in [0.29, 0.717) is 6.42 Å². The number of carbonyl (C=O) groups excluding carboxylic acids is 1. The number of piperazine rings is 1. The number of nitrogens with one attached hydrogen (secondary N) is 1. The summed E-state index contributed by atoms with van der Waals surface area (Å²) in [4.78, 5) is 16.8. The van der Waals surface area contributed by atoms with E-state index in [4.69, 9.17) is 0 Å². The summed E-state index contributed by atoms with van der Waals surface area (Å²) in [5, 5.41) is 12.0. The van der Waals surface area contributed by atoms with Crippen LogP contribution >= 0.6 is 0 Å². The van der Waals surface area contributed by atoms with Crippen molar-refractivity contribution in [2.24, 2.45) is 5.41 Å². The van der Waals surface area contributed by atoms with Crippen molar-refractivity contribution in [1.82, 2.24) is 10.2 Å². The van der Waals surface area contributed by atoms with Gasteiger partial charge in [-0.25, -0.2) is 0 Å². The molecule has 5 nitrogen and oxygen atoms in total. The van der Waals surface area contributed by atoms with Gasteiger partial charge < -0.3 is 10.2 Å². The van der Waals surface area contributed by atoms with E-state index in [0.717, 1.165) is 32.7 Å². The second-order valence-electron chi connectivity index (χ2n) is 7.41. The van der Waals surface area contributed by atoms with Gasteiger partial charge in [0.1, 0.15) is 6.04 Å². The fraction of sp³-hybridized carbons (Fsp3) is 0.579. The van der Waals surface area contributed by atoms with Crippen LogP contribution in [0.25, 0.3) is 0 Å². The second kappa shape index (κ2) is 8.16. The number of carbonyl (C=O) groups is 1. The molecule has 1 atom stereocenters. The lowest BCUT2D eigenvalue weighted by atomic mass is 9.87. The number of benzene rings is 1. The minimum Gasteiger partial charge on any atom is -0.369 e. The van der Waals surface area contributed by atoms with E-state index < -0.39 is 6.04 Å². The molecule has 2 rings (SSSR count). The molecule has 24 heavy (non-hydrogen) atoms. The fourth-order valence-corrected chi connectivity index (χ4v) is 2.80. The smallest absolute Gasteiger partial charge is 0.222 e. The first-order valence-corrected chi connectivity index (χ1v) is 8.61. The van der Waals surface area contributed by atoms with Gasteiger partial charge in [0.15, 0.2) is 0 Å². The zero-order valence-corrected chi connectivity index (χ0v) is 15.0. The molecule has 0 aliphatic carbocycles. The molecule has 130 valence electrons. The molecule has 0 radical (unpaired) electrons. The molecule has 0 bridgehead atoms. The molecular weight excluding hydrogens is 300 g/mol. The van der Waals surface area contributed by atoms with E-state index in [2.05, 4.69) is 45.5 Å². The summed E-state index contributed by atoms with van der Waals surface area (Å²) in [6.07, 6.45) is 0.444. The van der Waals surface area contributed by atoms with Crippen LogP contribution < -0.4 is 10.2 Å². The minimum absolute atomic E-state index is 0.0398. The molecule has 0 saturated carbocycles. The summed E-state index contributed by atoms with van der Waals surface area (Å²) in [7, 11) is 0. The van der Waals surface area contributed by atoms with Crippen LogP contribution in [0.1, 0.15) is 27.2 Å². The zero-order chi connectivity index (χ0) is 17.6. The summed E-state index contributed by atoms with van der Waals surface area (Å²) < 4.78 is 0. The SMILES string of the molecule is CC(C)(C)[C@@H](C#N)NC(=O)CCN1CCN(c2ccccc2)CC1. The molecule has 1 aromatic carbocycles. The molecule has 1 fully saturated rings. The Balaban J connectivity index is 1.73. The summed E-state index contributed by atoms with van der Waals surface area (Å²) in [6, 6.07) is 12.2. The standard InChI is InChI=1S/C19H28N4O/c1-19(2,3)17(15-20)21-18(24)9-10-22-11-13-23(14-12-22)16-7-5-4-6-8-16/h4-8,17H,9-14H2,1-3H3,(H,21,24)/t17-/m1/s1. The number of para-hydroxylation sites is 1. The largest absolute Gasteiger partial charge is 0.369 e. The molecule has 5 heteroatoms. The van der Waals surface area contributed by atoms with Gasteiger partial charge in [-0.2, -0.15) is 5.26 Å². The van der Waals surface area contributed by atoms with Crippen molar-refractivity contribution in [3.05, 3.63) is 30.3 Å². The molecule has 0 aromatic heterocycles. The number of anilines is 1. The predicted octanol–water partition coefficient (Wildman–Crippen LogP) is 2.25. The third-order valence-electron chi connectivity index (χ3n) is 4.45. The van der Waals surface area contributed by atoms with E-state index in [1.165, 1.54) is 5.69 Å². The van der Waals surface area contributed by atoms with Crippen molar-refractivity contribution in [1.29, 1.82) is 5.26 Å². The van der Waals surface area contributed by atoms with Gasteiger partial charge in [-0.3, -0.25) is 9.69 Å². The first-order chi connectivity index (χ1) is 11.4. The van der Waals surface area contributed by atoms with E-state index in [9.17, 15) is 10.1 Å². The third-order valence-corrected chi connectivity index (χ3v) is 4.45. The Labute approximate surface area is 145 Å². The first kappa shape index (κ1) is 18.3. The van der Waals surface area contributed by atoms with Crippen LogP contribution in [0.4, 0.5) is 5.69 Å². The molecule has 1 aromatic rings. The zero-order valence-electron chi connectivity index (χ0n) is 15.0. The Hall–Kier alpha value is -2.06. The average Bonchev–Trinajstić information content (AvgIpc) is 2.58. The van der Waals surface area contributed by atoms with Crippen molar-refractivity contribution in [3.63, 3.8) is 0 Å². The molecule has 0 unspecified atom stereocenters. The third kappa shape index (κ3) is 5.24. The monoisotopic (exact) mass is 328 g/mol. The molecule has 1 heterocycles. The van der Waals surface area contributed by atoms with Gasteiger partial charge in [0, 0.05) is 44.8 Å². The maximum atomic E-state index is 12.1. The maximum Gasteiger partial charge on any atom is 0.222 e. The fourth-order valence-electron chi connectivity index (χ4n) is 2.80. The lowest BCUT2D eigenvalue weighted by Gasteiger charge is -2.36. The lowest BCUT2D eigenvalue weighted by molar-refractivity contribution is -0.122. The van der Waals surface area contributed by atoms with Crippen molar-refractivity contribution in [2.45, 2.75) is 33.2 Å². The van der Waals surface area contributed by atoms with Gasteiger partial charge in [-0.15, -0.1) is 0 Å². The number of nitrogens with zero attached hydrogens (tertiary/aromatic N) is 3. The predicted molar refractivity (Wildman–Crippen MR) is 96.7 cm³/mol. The quantitative estimate of drug-likeness (QED) is 0.901. The molecule has 1 amide bonds. The van der Waals surface area contributed by atoms with Crippen molar-refractivity contribution < 1.29 is 4.79 Å². The highest BCUT2D eigenvalue weighted by molar-refractivity contribution is 5.76. The number of amides is 1. The normalized spacial score (nSPS) is 17.2. The van der Waals surface area contributed by atoms with E-state index in [1.54, 1.807) is 0 Å². The highest BCUT2D eigenvalue weighted by Gasteiger charge is 2.26. The molecular formula is C19H28N4O. The number of nitriles is 1. The first-order valence-electron chi connectivity index (χ1n) is 8.61. The Bertz CT molecular complexity index is 565.